The minimum Gasteiger partial charge on any atom is -0.456 e. The van der Waals surface area contributed by atoms with E-state index >= 15 is 0 Å². The molecule has 0 aromatic heterocycles. The van der Waals surface area contributed by atoms with Crippen LogP contribution < -0.4 is 10.2 Å². The van der Waals surface area contributed by atoms with E-state index < -0.39 is 18.5 Å². The number of para-hydroxylation sites is 2. The Kier molecular flexibility index (Phi) is 5.61. The Hall–Kier alpha value is -3.48. The predicted octanol–water partition coefficient (Wildman–Crippen LogP) is 2.18. The Morgan fingerprint density at radius 1 is 0.963 bits per heavy atom. The van der Waals surface area contributed by atoms with Crippen LogP contribution in [0.3, 0.4) is 0 Å². The Morgan fingerprint density at radius 3 is 2.44 bits per heavy atom. The van der Waals surface area contributed by atoms with Gasteiger partial charge in [-0.1, -0.05) is 42.5 Å². The molecule has 0 atom stereocenters. The van der Waals surface area contributed by atoms with Crippen molar-refractivity contribution in [1.29, 1.82) is 0 Å². The summed E-state index contributed by atoms with van der Waals surface area (Å²) in [6, 6.07) is 15.5. The highest BCUT2D eigenvalue weighted by Crippen LogP contribution is 2.28. The summed E-state index contributed by atoms with van der Waals surface area (Å²) < 4.78 is 4.98. The van der Waals surface area contributed by atoms with E-state index in [1.165, 1.54) is 4.90 Å². The van der Waals surface area contributed by atoms with Gasteiger partial charge in [0.05, 0.1) is 17.8 Å². The molecular formula is C20H18N2O5. The summed E-state index contributed by atoms with van der Waals surface area (Å²) in [5.74, 6) is -1.62. The first-order chi connectivity index (χ1) is 13.0. The van der Waals surface area contributed by atoms with Crippen LogP contribution in [0.2, 0.25) is 0 Å². The third kappa shape index (κ3) is 4.58. The zero-order valence-electron chi connectivity index (χ0n) is 14.5. The third-order valence-electron chi connectivity index (χ3n) is 4.08. The number of amides is 2. The van der Waals surface area contributed by atoms with Crippen molar-refractivity contribution in [3.8, 4) is 0 Å². The topological polar surface area (TPSA) is 92.8 Å². The number of hydrogen-bond donors (Lipinski definition) is 1. The number of carbonyl (C=O) groups excluding carboxylic acids is 4. The fourth-order valence-corrected chi connectivity index (χ4v) is 2.73. The Morgan fingerprint density at radius 2 is 1.67 bits per heavy atom. The molecule has 7 heteroatoms. The summed E-state index contributed by atoms with van der Waals surface area (Å²) in [6.45, 7) is -0.625. The average Bonchev–Trinajstić information content (AvgIpc) is 2.70. The molecule has 27 heavy (non-hydrogen) atoms. The molecule has 3 rings (SSSR count). The van der Waals surface area contributed by atoms with Gasteiger partial charge < -0.3 is 10.1 Å². The number of carbonyl (C=O) groups is 4. The van der Waals surface area contributed by atoms with Crippen LogP contribution in [0.25, 0.3) is 0 Å². The molecule has 7 nitrogen and oxygen atoms in total. The van der Waals surface area contributed by atoms with Crippen LogP contribution in [0.1, 0.15) is 23.2 Å². The van der Waals surface area contributed by atoms with Crippen molar-refractivity contribution < 1.29 is 23.9 Å². The largest absolute Gasteiger partial charge is 0.456 e. The molecule has 0 aliphatic carbocycles. The van der Waals surface area contributed by atoms with Crippen LogP contribution >= 0.6 is 0 Å². The molecule has 2 aromatic carbocycles. The number of ether oxygens (including phenoxy) is 1. The molecule has 0 spiro atoms. The van der Waals surface area contributed by atoms with Crippen molar-refractivity contribution in [3.05, 3.63) is 60.2 Å². The zero-order valence-corrected chi connectivity index (χ0v) is 14.5. The quantitative estimate of drug-likeness (QED) is 0.625. The lowest BCUT2D eigenvalue weighted by atomic mass is 10.1. The number of ketones is 1. The van der Waals surface area contributed by atoms with Gasteiger partial charge in [-0.05, 0) is 12.1 Å². The minimum atomic E-state index is -0.637. The van der Waals surface area contributed by atoms with E-state index in [2.05, 4.69) is 5.32 Å². The van der Waals surface area contributed by atoms with Gasteiger partial charge in [0.1, 0.15) is 6.54 Å². The average molecular weight is 366 g/mol. The van der Waals surface area contributed by atoms with Gasteiger partial charge in [0.25, 0.3) is 5.91 Å². The van der Waals surface area contributed by atoms with Gasteiger partial charge in [-0.2, -0.15) is 0 Å². The van der Waals surface area contributed by atoms with Crippen molar-refractivity contribution in [2.75, 3.05) is 23.4 Å². The van der Waals surface area contributed by atoms with Gasteiger partial charge in [0.15, 0.2) is 12.4 Å². The molecule has 0 bridgehead atoms. The van der Waals surface area contributed by atoms with Crippen molar-refractivity contribution in [2.24, 2.45) is 0 Å². The second kappa shape index (κ2) is 8.27. The predicted molar refractivity (Wildman–Crippen MR) is 98.4 cm³/mol. The minimum absolute atomic E-state index is 0.00594. The van der Waals surface area contributed by atoms with Gasteiger partial charge in [-0.3, -0.25) is 24.1 Å². The first-order valence-electron chi connectivity index (χ1n) is 8.47. The van der Waals surface area contributed by atoms with Crippen LogP contribution in [0.4, 0.5) is 11.4 Å². The number of rotatable bonds is 6. The number of fused-ring (bicyclic) bond motifs is 1. The van der Waals surface area contributed by atoms with Crippen molar-refractivity contribution in [2.45, 2.75) is 12.8 Å². The smallest absolute Gasteiger partial charge is 0.306 e. The SMILES string of the molecule is O=C1CN(C(=O)COC(=O)CCC(=O)c2ccccc2)c2ccccc2N1. The lowest BCUT2D eigenvalue weighted by Gasteiger charge is -2.28. The van der Waals surface area contributed by atoms with Gasteiger partial charge in [-0.25, -0.2) is 0 Å². The lowest BCUT2D eigenvalue weighted by Crippen LogP contribution is -2.44. The molecule has 138 valence electrons. The molecular weight excluding hydrogens is 348 g/mol. The van der Waals surface area contributed by atoms with E-state index in [0.717, 1.165) is 0 Å². The maximum atomic E-state index is 12.4. The number of Topliss-reactive ketones (excluding diaryl/α,β-unsaturated/α-hetero) is 1. The van der Waals surface area contributed by atoms with Crippen LogP contribution in [-0.4, -0.2) is 36.7 Å². The molecule has 2 amide bonds. The van der Waals surface area contributed by atoms with E-state index in [1.54, 1.807) is 54.6 Å². The van der Waals surface area contributed by atoms with Gasteiger partial charge in [0, 0.05) is 12.0 Å². The first-order valence-corrected chi connectivity index (χ1v) is 8.47. The normalized spacial score (nSPS) is 12.7. The summed E-state index contributed by atoms with van der Waals surface area (Å²) >= 11 is 0. The third-order valence-corrected chi connectivity index (χ3v) is 4.08. The van der Waals surface area contributed by atoms with Gasteiger partial charge in [0.2, 0.25) is 5.91 Å². The molecule has 1 heterocycles. The highest BCUT2D eigenvalue weighted by Gasteiger charge is 2.27. The zero-order chi connectivity index (χ0) is 19.2. The Balaban J connectivity index is 1.51. The second-order valence-electron chi connectivity index (χ2n) is 6.00. The van der Waals surface area contributed by atoms with Crippen LogP contribution in [-0.2, 0) is 19.1 Å². The van der Waals surface area contributed by atoms with E-state index in [4.69, 9.17) is 4.74 Å². The van der Waals surface area contributed by atoms with Crippen molar-refractivity contribution in [1.82, 2.24) is 0 Å². The monoisotopic (exact) mass is 366 g/mol. The van der Waals surface area contributed by atoms with Gasteiger partial charge >= 0.3 is 5.97 Å². The highest BCUT2D eigenvalue weighted by molar-refractivity contribution is 6.10. The van der Waals surface area contributed by atoms with Gasteiger partial charge in [-0.15, -0.1) is 0 Å². The molecule has 0 saturated carbocycles. The summed E-state index contributed by atoms with van der Waals surface area (Å²) in [6.07, 6.45) is -0.107. The highest BCUT2D eigenvalue weighted by atomic mass is 16.5. The standard InChI is InChI=1S/C20H18N2O5/c23-17(14-6-2-1-3-7-14)10-11-20(26)27-13-19(25)22-12-18(24)21-15-8-4-5-9-16(15)22/h1-9H,10-13H2,(H,21,24). The molecule has 0 radical (unpaired) electrons. The molecule has 0 fully saturated rings. The molecule has 2 aromatic rings. The second-order valence-corrected chi connectivity index (χ2v) is 6.00. The maximum Gasteiger partial charge on any atom is 0.306 e. The number of nitrogens with zero attached hydrogens (tertiary/aromatic N) is 1. The molecule has 1 N–H and O–H groups in total. The fraction of sp³-hybridized carbons (Fsp3) is 0.200. The van der Waals surface area contributed by atoms with Crippen LogP contribution in [0, 0.1) is 0 Å². The molecule has 1 aliphatic heterocycles. The number of esters is 1. The van der Waals surface area contributed by atoms with Crippen LogP contribution in [0.5, 0.6) is 0 Å². The summed E-state index contributed by atoms with van der Waals surface area (Å²) in [4.78, 5) is 49.2. The Bertz CT molecular complexity index is 879. The Labute approximate surface area is 155 Å². The summed E-state index contributed by atoms with van der Waals surface area (Å²) in [5, 5.41) is 2.68. The van der Waals surface area contributed by atoms with E-state index in [0.29, 0.717) is 16.9 Å². The molecule has 0 saturated heterocycles. The maximum absolute atomic E-state index is 12.4. The summed E-state index contributed by atoms with van der Waals surface area (Å²) in [7, 11) is 0. The van der Waals surface area contributed by atoms with E-state index in [9.17, 15) is 19.2 Å². The van der Waals surface area contributed by atoms with Crippen molar-refractivity contribution in [3.63, 3.8) is 0 Å². The summed E-state index contributed by atoms with van der Waals surface area (Å²) in [5.41, 5.74) is 1.61. The number of anilines is 2. The lowest BCUT2D eigenvalue weighted by molar-refractivity contribution is -0.147. The molecule has 0 unspecified atom stereocenters. The first kappa shape index (κ1) is 18.3. The number of benzene rings is 2. The number of nitrogens with one attached hydrogen (secondary N) is 1. The van der Waals surface area contributed by atoms with Crippen LogP contribution in [0.15, 0.2) is 54.6 Å². The van der Waals surface area contributed by atoms with E-state index in [-0.39, 0.29) is 31.1 Å². The van der Waals surface area contributed by atoms with Crippen molar-refractivity contribution >= 4 is 34.9 Å². The van der Waals surface area contributed by atoms with E-state index in [1.807, 2.05) is 0 Å². The molecule has 1 aliphatic rings. The number of hydrogen-bond acceptors (Lipinski definition) is 5. The fourth-order valence-electron chi connectivity index (χ4n) is 2.73.